The zero-order valence-electron chi connectivity index (χ0n) is 13.9. The molecule has 126 valence electrons. The molecular weight excluding hydrogens is 304 g/mol. The van der Waals surface area contributed by atoms with Gasteiger partial charge in [-0.15, -0.1) is 0 Å². The maximum atomic E-state index is 11.8. The number of carboxylic acid groups (broad SMARTS) is 1. The topological polar surface area (TPSA) is 62.7 Å². The smallest absolute Gasteiger partial charge is 0.325 e. The summed E-state index contributed by atoms with van der Waals surface area (Å²) in [6.45, 7) is 5.41. The van der Waals surface area contributed by atoms with Gasteiger partial charge in [-0.25, -0.2) is 0 Å². The molecule has 5 heteroatoms. The number of aromatic nitrogens is 1. The van der Waals surface area contributed by atoms with Gasteiger partial charge in [-0.1, -0.05) is 12.1 Å². The van der Waals surface area contributed by atoms with Crippen molar-refractivity contribution in [2.75, 3.05) is 13.1 Å². The molecule has 0 amide bonds. The molecular formula is C19H22N2O3. The van der Waals surface area contributed by atoms with E-state index in [1.165, 1.54) is 5.56 Å². The van der Waals surface area contributed by atoms with Gasteiger partial charge in [-0.2, -0.15) is 0 Å². The van der Waals surface area contributed by atoms with E-state index in [0.717, 1.165) is 24.4 Å². The molecule has 24 heavy (non-hydrogen) atoms. The Morgan fingerprint density at radius 3 is 2.33 bits per heavy atom. The predicted octanol–water partition coefficient (Wildman–Crippen LogP) is 3.09. The Bertz CT molecular complexity index is 680. The summed E-state index contributed by atoms with van der Waals surface area (Å²) in [6.07, 6.45) is 3.66. The first-order chi connectivity index (χ1) is 11.5. The largest absolute Gasteiger partial charge is 0.491 e. The highest BCUT2D eigenvalue weighted by Gasteiger charge is 2.37. The van der Waals surface area contributed by atoms with Crippen molar-refractivity contribution in [1.29, 1.82) is 0 Å². The number of nitrogens with zero attached hydrogens (tertiary/aromatic N) is 2. The second kappa shape index (κ2) is 7.01. The Kier molecular flexibility index (Phi) is 4.81. The van der Waals surface area contributed by atoms with Crippen LogP contribution in [0.5, 0.6) is 5.75 Å². The number of aliphatic carboxylic acids is 1. The lowest BCUT2D eigenvalue weighted by atomic mass is 9.89. The van der Waals surface area contributed by atoms with Gasteiger partial charge < -0.3 is 9.84 Å². The minimum Gasteiger partial charge on any atom is -0.491 e. The van der Waals surface area contributed by atoms with Crippen LogP contribution in [-0.4, -0.2) is 40.2 Å². The fraction of sp³-hybridized carbons (Fsp3) is 0.368. The van der Waals surface area contributed by atoms with E-state index in [0.29, 0.717) is 5.92 Å². The maximum Gasteiger partial charge on any atom is 0.325 e. The molecule has 1 aliphatic rings. The molecule has 1 atom stereocenters. The first kappa shape index (κ1) is 16.5. The van der Waals surface area contributed by atoms with Gasteiger partial charge in [0.2, 0.25) is 0 Å². The van der Waals surface area contributed by atoms with Crippen molar-refractivity contribution in [3.63, 3.8) is 0 Å². The number of likely N-dealkylation sites (tertiary alicyclic amines) is 1. The first-order valence-electron chi connectivity index (χ1n) is 8.18. The van der Waals surface area contributed by atoms with Gasteiger partial charge in [0.05, 0.1) is 6.10 Å². The summed E-state index contributed by atoms with van der Waals surface area (Å²) in [6, 6.07) is 10.7. The highest BCUT2D eigenvalue weighted by atomic mass is 16.5. The maximum absolute atomic E-state index is 11.8. The van der Waals surface area contributed by atoms with Crippen molar-refractivity contribution in [3.8, 4) is 5.75 Å². The van der Waals surface area contributed by atoms with Crippen LogP contribution in [0, 0.1) is 0 Å². The Morgan fingerprint density at radius 2 is 1.79 bits per heavy atom. The number of hydrogen-bond acceptors (Lipinski definition) is 4. The standard InChI is InChI=1S/C19H22N2O3/c1-13(2)24-17-5-3-15(4-6-17)18(19(22)23)21-11-16(12-21)14-7-9-20-10-8-14/h3-10,13,16,18H,11-12H2,1-2H3,(H,22,23). The molecule has 1 aliphatic heterocycles. The van der Waals surface area contributed by atoms with Crippen LogP contribution in [0.2, 0.25) is 0 Å². The minimum atomic E-state index is -0.819. The Morgan fingerprint density at radius 1 is 1.17 bits per heavy atom. The monoisotopic (exact) mass is 326 g/mol. The lowest BCUT2D eigenvalue weighted by Crippen LogP contribution is -2.49. The highest BCUT2D eigenvalue weighted by molar-refractivity contribution is 5.76. The molecule has 1 fully saturated rings. The number of ether oxygens (including phenoxy) is 1. The van der Waals surface area contributed by atoms with E-state index in [2.05, 4.69) is 4.98 Å². The average Bonchev–Trinajstić information content (AvgIpc) is 2.51. The molecule has 0 saturated carbocycles. The zero-order chi connectivity index (χ0) is 17.1. The van der Waals surface area contributed by atoms with E-state index in [1.54, 1.807) is 12.4 Å². The van der Waals surface area contributed by atoms with E-state index < -0.39 is 12.0 Å². The molecule has 1 unspecified atom stereocenters. The quantitative estimate of drug-likeness (QED) is 0.884. The van der Waals surface area contributed by atoms with Gasteiger partial charge in [0.25, 0.3) is 0 Å². The molecule has 1 N–H and O–H groups in total. The summed E-state index contributed by atoms with van der Waals surface area (Å²) in [5.74, 6) is 0.315. The third kappa shape index (κ3) is 3.57. The second-order valence-corrected chi connectivity index (χ2v) is 6.41. The van der Waals surface area contributed by atoms with Crippen molar-refractivity contribution in [3.05, 3.63) is 59.9 Å². The summed E-state index contributed by atoms with van der Waals surface area (Å²) >= 11 is 0. The van der Waals surface area contributed by atoms with Gasteiger partial charge in [0.15, 0.2) is 0 Å². The van der Waals surface area contributed by atoms with Gasteiger partial charge >= 0.3 is 5.97 Å². The van der Waals surface area contributed by atoms with Crippen molar-refractivity contribution in [2.45, 2.75) is 31.9 Å². The van der Waals surface area contributed by atoms with E-state index in [-0.39, 0.29) is 6.10 Å². The van der Waals surface area contributed by atoms with Gasteiger partial charge in [-0.05, 0) is 49.2 Å². The molecule has 0 spiro atoms. The Hall–Kier alpha value is -2.40. The van der Waals surface area contributed by atoms with Gasteiger partial charge in [-0.3, -0.25) is 14.7 Å². The summed E-state index contributed by atoms with van der Waals surface area (Å²) in [5, 5.41) is 9.65. The van der Waals surface area contributed by atoms with Crippen molar-refractivity contribution >= 4 is 5.97 Å². The summed E-state index contributed by atoms with van der Waals surface area (Å²) in [7, 11) is 0. The first-order valence-corrected chi connectivity index (χ1v) is 8.18. The second-order valence-electron chi connectivity index (χ2n) is 6.41. The van der Waals surface area contributed by atoms with Crippen molar-refractivity contribution < 1.29 is 14.6 Å². The fourth-order valence-corrected chi connectivity index (χ4v) is 3.08. The number of rotatable bonds is 6. The molecule has 0 bridgehead atoms. The van der Waals surface area contributed by atoms with Crippen LogP contribution >= 0.6 is 0 Å². The highest BCUT2D eigenvalue weighted by Crippen LogP contribution is 2.34. The molecule has 3 rings (SSSR count). The summed E-state index contributed by atoms with van der Waals surface area (Å²) in [4.78, 5) is 17.8. The normalized spacial score (nSPS) is 16.6. The number of hydrogen-bond donors (Lipinski definition) is 1. The minimum absolute atomic E-state index is 0.0997. The van der Waals surface area contributed by atoms with E-state index in [9.17, 15) is 9.90 Å². The Labute approximate surface area is 141 Å². The molecule has 0 aliphatic carbocycles. The average molecular weight is 326 g/mol. The van der Waals surface area contributed by atoms with Crippen LogP contribution in [0.3, 0.4) is 0 Å². The van der Waals surface area contributed by atoms with Crippen LogP contribution in [0.15, 0.2) is 48.8 Å². The third-order valence-corrected chi connectivity index (χ3v) is 4.25. The molecule has 2 heterocycles. The molecule has 1 aromatic heterocycles. The SMILES string of the molecule is CC(C)Oc1ccc(C(C(=O)O)N2CC(c3ccncc3)C2)cc1. The van der Waals surface area contributed by atoms with Crippen LogP contribution in [0.25, 0.3) is 0 Å². The van der Waals surface area contributed by atoms with Crippen LogP contribution in [0.4, 0.5) is 0 Å². The lowest BCUT2D eigenvalue weighted by molar-refractivity contribution is -0.145. The summed E-state index contributed by atoms with van der Waals surface area (Å²) in [5.41, 5.74) is 2.00. The van der Waals surface area contributed by atoms with Crippen LogP contribution in [-0.2, 0) is 4.79 Å². The molecule has 1 aromatic carbocycles. The van der Waals surface area contributed by atoms with E-state index >= 15 is 0 Å². The number of carboxylic acids is 1. The summed E-state index contributed by atoms with van der Waals surface area (Å²) < 4.78 is 5.62. The molecule has 2 aromatic rings. The van der Waals surface area contributed by atoms with Crippen LogP contribution in [0.1, 0.15) is 36.9 Å². The van der Waals surface area contributed by atoms with E-state index in [4.69, 9.17) is 4.74 Å². The zero-order valence-corrected chi connectivity index (χ0v) is 13.9. The predicted molar refractivity (Wildman–Crippen MR) is 91.1 cm³/mol. The third-order valence-electron chi connectivity index (χ3n) is 4.25. The number of benzene rings is 1. The number of pyridine rings is 1. The van der Waals surface area contributed by atoms with Gasteiger partial charge in [0, 0.05) is 31.4 Å². The molecule has 0 radical (unpaired) electrons. The fourth-order valence-electron chi connectivity index (χ4n) is 3.08. The van der Waals surface area contributed by atoms with Crippen molar-refractivity contribution in [1.82, 2.24) is 9.88 Å². The lowest BCUT2D eigenvalue weighted by Gasteiger charge is -2.43. The van der Waals surface area contributed by atoms with Crippen LogP contribution < -0.4 is 4.74 Å². The Balaban J connectivity index is 1.69. The van der Waals surface area contributed by atoms with Crippen molar-refractivity contribution in [2.24, 2.45) is 0 Å². The van der Waals surface area contributed by atoms with Gasteiger partial charge in [0.1, 0.15) is 11.8 Å². The number of carbonyl (C=O) groups is 1. The molecule has 5 nitrogen and oxygen atoms in total. The molecule has 1 saturated heterocycles. The van der Waals surface area contributed by atoms with E-state index in [1.807, 2.05) is 55.1 Å².